The molecule has 2 rings (SSSR count). The van der Waals surface area contributed by atoms with Gasteiger partial charge in [-0.25, -0.2) is 4.98 Å². The van der Waals surface area contributed by atoms with E-state index in [1.54, 1.807) is 0 Å². The average Bonchev–Trinajstić information content (AvgIpc) is 2.38. The van der Waals surface area contributed by atoms with Gasteiger partial charge in [-0.1, -0.05) is 6.92 Å². The third-order valence-electron chi connectivity index (χ3n) is 2.66. The van der Waals surface area contributed by atoms with Crippen LogP contribution < -0.4 is 10.2 Å². The van der Waals surface area contributed by atoms with E-state index in [4.69, 9.17) is 4.74 Å². The molecule has 0 aromatic carbocycles. The van der Waals surface area contributed by atoms with E-state index >= 15 is 0 Å². The molecule has 1 N–H and O–H groups in total. The highest BCUT2D eigenvalue weighted by molar-refractivity contribution is 5.48. The van der Waals surface area contributed by atoms with Crippen molar-refractivity contribution in [3.63, 3.8) is 0 Å². The van der Waals surface area contributed by atoms with Gasteiger partial charge in [-0.05, 0) is 18.6 Å². The number of aromatic nitrogens is 1. The summed E-state index contributed by atoms with van der Waals surface area (Å²) in [6, 6.07) is 4.16. The Bertz CT molecular complexity index is 307. The van der Waals surface area contributed by atoms with Crippen molar-refractivity contribution in [1.82, 2.24) is 4.98 Å². The van der Waals surface area contributed by atoms with Gasteiger partial charge in [0.25, 0.3) is 0 Å². The van der Waals surface area contributed by atoms with Crippen molar-refractivity contribution in [2.75, 3.05) is 43.1 Å². The van der Waals surface area contributed by atoms with Gasteiger partial charge in [0, 0.05) is 19.6 Å². The van der Waals surface area contributed by atoms with Gasteiger partial charge in [-0.2, -0.15) is 0 Å². The molecule has 0 spiro atoms. The molecule has 4 nitrogen and oxygen atoms in total. The van der Waals surface area contributed by atoms with E-state index < -0.39 is 0 Å². The summed E-state index contributed by atoms with van der Waals surface area (Å²) in [5, 5.41) is 3.32. The van der Waals surface area contributed by atoms with Gasteiger partial charge < -0.3 is 15.0 Å². The van der Waals surface area contributed by atoms with Gasteiger partial charge in [-0.15, -0.1) is 0 Å². The second-order valence-electron chi connectivity index (χ2n) is 3.93. The molecule has 1 aromatic heterocycles. The summed E-state index contributed by atoms with van der Waals surface area (Å²) >= 11 is 0. The number of anilines is 2. The van der Waals surface area contributed by atoms with Crippen LogP contribution in [0.15, 0.2) is 18.3 Å². The van der Waals surface area contributed by atoms with Crippen molar-refractivity contribution in [3.05, 3.63) is 18.3 Å². The maximum absolute atomic E-state index is 5.32. The molecule has 2 heterocycles. The van der Waals surface area contributed by atoms with E-state index in [9.17, 15) is 0 Å². The lowest BCUT2D eigenvalue weighted by atomic mass is 10.3. The van der Waals surface area contributed by atoms with Crippen LogP contribution in [0.4, 0.5) is 11.5 Å². The minimum Gasteiger partial charge on any atom is -0.384 e. The molecular weight excluding hydrogens is 202 g/mol. The number of nitrogens with zero attached hydrogens (tertiary/aromatic N) is 2. The van der Waals surface area contributed by atoms with Crippen molar-refractivity contribution >= 4 is 11.5 Å². The van der Waals surface area contributed by atoms with Crippen LogP contribution in [-0.4, -0.2) is 37.8 Å². The van der Waals surface area contributed by atoms with Crippen molar-refractivity contribution in [3.8, 4) is 0 Å². The molecule has 0 unspecified atom stereocenters. The second kappa shape index (κ2) is 5.70. The van der Waals surface area contributed by atoms with Crippen molar-refractivity contribution < 1.29 is 4.74 Å². The molecule has 4 heteroatoms. The van der Waals surface area contributed by atoms with Crippen molar-refractivity contribution in [2.45, 2.75) is 13.3 Å². The predicted molar refractivity (Wildman–Crippen MR) is 66.0 cm³/mol. The fourth-order valence-corrected chi connectivity index (χ4v) is 1.74. The van der Waals surface area contributed by atoms with Crippen LogP contribution in [0.3, 0.4) is 0 Å². The Morgan fingerprint density at radius 2 is 2.19 bits per heavy atom. The Balaban J connectivity index is 1.95. The van der Waals surface area contributed by atoms with Crippen molar-refractivity contribution in [2.24, 2.45) is 0 Å². The molecule has 1 aliphatic rings. The zero-order valence-corrected chi connectivity index (χ0v) is 9.78. The molecule has 0 amide bonds. The number of nitrogens with one attached hydrogen (secondary N) is 1. The molecule has 88 valence electrons. The van der Waals surface area contributed by atoms with Crippen LogP contribution >= 0.6 is 0 Å². The summed E-state index contributed by atoms with van der Waals surface area (Å²) in [4.78, 5) is 6.72. The second-order valence-corrected chi connectivity index (χ2v) is 3.93. The van der Waals surface area contributed by atoms with Gasteiger partial charge in [0.2, 0.25) is 0 Å². The van der Waals surface area contributed by atoms with E-state index in [0.717, 1.165) is 50.8 Å². The van der Waals surface area contributed by atoms with E-state index in [0.29, 0.717) is 0 Å². The van der Waals surface area contributed by atoms with E-state index in [1.807, 2.05) is 6.20 Å². The Labute approximate surface area is 96.6 Å². The molecule has 0 atom stereocenters. The van der Waals surface area contributed by atoms with Crippen LogP contribution in [0.2, 0.25) is 0 Å². The zero-order chi connectivity index (χ0) is 11.2. The van der Waals surface area contributed by atoms with Crippen LogP contribution in [0, 0.1) is 0 Å². The third-order valence-corrected chi connectivity index (χ3v) is 2.66. The van der Waals surface area contributed by atoms with E-state index in [1.165, 1.54) is 0 Å². The smallest absolute Gasteiger partial charge is 0.128 e. The number of morpholine rings is 1. The number of hydrogen-bond acceptors (Lipinski definition) is 4. The van der Waals surface area contributed by atoms with E-state index in [-0.39, 0.29) is 0 Å². The predicted octanol–water partition coefficient (Wildman–Crippen LogP) is 1.74. The molecule has 0 aliphatic carbocycles. The van der Waals surface area contributed by atoms with Gasteiger partial charge in [0.05, 0.1) is 25.1 Å². The lowest BCUT2D eigenvalue weighted by molar-refractivity contribution is 0.122. The van der Waals surface area contributed by atoms with Crippen LogP contribution in [0.5, 0.6) is 0 Å². The molecule has 0 radical (unpaired) electrons. The largest absolute Gasteiger partial charge is 0.384 e. The van der Waals surface area contributed by atoms with Gasteiger partial charge >= 0.3 is 0 Å². The maximum Gasteiger partial charge on any atom is 0.128 e. The lowest BCUT2D eigenvalue weighted by Crippen LogP contribution is -2.36. The van der Waals surface area contributed by atoms with Gasteiger partial charge in [0.15, 0.2) is 0 Å². The minimum atomic E-state index is 0.803. The summed E-state index contributed by atoms with van der Waals surface area (Å²) in [5.74, 6) is 1.05. The fraction of sp³-hybridized carbons (Fsp3) is 0.583. The molecule has 1 aliphatic heterocycles. The number of rotatable bonds is 4. The average molecular weight is 221 g/mol. The van der Waals surface area contributed by atoms with Crippen molar-refractivity contribution in [1.29, 1.82) is 0 Å². The first kappa shape index (κ1) is 11.2. The Morgan fingerprint density at radius 3 is 2.81 bits per heavy atom. The van der Waals surface area contributed by atoms with Crippen LogP contribution in [0.25, 0.3) is 0 Å². The van der Waals surface area contributed by atoms with Gasteiger partial charge in [-0.3, -0.25) is 0 Å². The molecule has 0 bridgehead atoms. The number of hydrogen-bond donors (Lipinski definition) is 1. The Morgan fingerprint density at radius 1 is 1.38 bits per heavy atom. The first-order chi connectivity index (χ1) is 7.90. The monoisotopic (exact) mass is 221 g/mol. The van der Waals surface area contributed by atoms with E-state index in [2.05, 4.69) is 34.3 Å². The van der Waals surface area contributed by atoms with Gasteiger partial charge in [0.1, 0.15) is 5.82 Å². The summed E-state index contributed by atoms with van der Waals surface area (Å²) < 4.78 is 5.32. The molecule has 1 saturated heterocycles. The first-order valence-electron chi connectivity index (χ1n) is 5.93. The topological polar surface area (TPSA) is 37.4 Å². The quantitative estimate of drug-likeness (QED) is 0.840. The highest BCUT2D eigenvalue weighted by Gasteiger charge is 2.11. The number of ether oxygens (including phenoxy) is 1. The SMILES string of the molecule is CCCNc1ccc(N2CCOCC2)nc1. The molecular formula is C12H19N3O. The first-order valence-corrected chi connectivity index (χ1v) is 5.93. The molecule has 0 saturated carbocycles. The normalized spacial score (nSPS) is 16.2. The minimum absolute atomic E-state index is 0.803. The standard InChI is InChI=1S/C12H19N3O/c1-2-5-13-11-3-4-12(14-10-11)15-6-8-16-9-7-15/h3-4,10,13H,2,5-9H2,1H3. The lowest BCUT2D eigenvalue weighted by Gasteiger charge is -2.27. The summed E-state index contributed by atoms with van der Waals surface area (Å²) in [6.07, 6.45) is 3.03. The summed E-state index contributed by atoms with van der Waals surface area (Å²) in [5.41, 5.74) is 1.10. The highest BCUT2D eigenvalue weighted by atomic mass is 16.5. The Hall–Kier alpha value is -1.29. The highest BCUT2D eigenvalue weighted by Crippen LogP contribution is 2.15. The molecule has 1 fully saturated rings. The third kappa shape index (κ3) is 2.85. The Kier molecular flexibility index (Phi) is 3.99. The summed E-state index contributed by atoms with van der Waals surface area (Å²) in [6.45, 7) is 6.64. The number of pyridine rings is 1. The zero-order valence-electron chi connectivity index (χ0n) is 9.78. The maximum atomic E-state index is 5.32. The van der Waals surface area contributed by atoms with Crippen LogP contribution in [0.1, 0.15) is 13.3 Å². The van der Waals surface area contributed by atoms with Crippen LogP contribution in [-0.2, 0) is 4.74 Å². The molecule has 16 heavy (non-hydrogen) atoms. The molecule has 1 aromatic rings. The summed E-state index contributed by atoms with van der Waals surface area (Å²) in [7, 11) is 0. The fourth-order valence-electron chi connectivity index (χ4n) is 1.74.